The van der Waals surface area contributed by atoms with E-state index in [1.165, 1.54) is 5.56 Å². The third-order valence-corrected chi connectivity index (χ3v) is 1.44. The van der Waals surface area contributed by atoms with Crippen molar-refractivity contribution in [3.63, 3.8) is 0 Å². The number of hydrogen-bond acceptors (Lipinski definition) is 1. The zero-order valence-electron chi connectivity index (χ0n) is 7.00. The van der Waals surface area contributed by atoms with E-state index in [1.54, 1.807) is 0 Å². The Labute approximate surface area is 68.0 Å². The van der Waals surface area contributed by atoms with Crippen molar-refractivity contribution in [2.75, 3.05) is 6.61 Å². The van der Waals surface area contributed by atoms with Crippen LogP contribution in [0.1, 0.15) is 12.5 Å². The van der Waals surface area contributed by atoms with E-state index in [0.717, 1.165) is 5.75 Å². The minimum absolute atomic E-state index is 0.684. The van der Waals surface area contributed by atoms with Crippen LogP contribution in [0.15, 0.2) is 24.3 Å². The largest absolute Gasteiger partial charge is 0.493 e. The third kappa shape index (κ3) is 2.62. The molecule has 1 aromatic rings. The first-order valence-electron chi connectivity index (χ1n) is 3.80. The topological polar surface area (TPSA) is 9.23 Å². The molecular formula is C10H13O. The zero-order valence-corrected chi connectivity index (χ0v) is 7.00. The minimum Gasteiger partial charge on any atom is -0.493 e. The van der Waals surface area contributed by atoms with Gasteiger partial charge in [0.05, 0.1) is 6.61 Å². The van der Waals surface area contributed by atoms with Crippen LogP contribution in [0.25, 0.3) is 0 Å². The fourth-order valence-corrected chi connectivity index (χ4v) is 0.814. The molecule has 0 aliphatic rings. The SMILES string of the molecule is C[CH]COc1ccc(C)cc1. The van der Waals surface area contributed by atoms with Gasteiger partial charge in [0.25, 0.3) is 0 Å². The van der Waals surface area contributed by atoms with E-state index in [4.69, 9.17) is 4.74 Å². The molecule has 1 aromatic carbocycles. The molecule has 0 unspecified atom stereocenters. The number of rotatable bonds is 3. The summed E-state index contributed by atoms with van der Waals surface area (Å²) in [5, 5.41) is 0. The fourth-order valence-electron chi connectivity index (χ4n) is 0.814. The van der Waals surface area contributed by atoms with Gasteiger partial charge >= 0.3 is 0 Å². The Hall–Kier alpha value is -0.980. The maximum atomic E-state index is 5.35. The summed E-state index contributed by atoms with van der Waals surface area (Å²) in [5.74, 6) is 0.939. The van der Waals surface area contributed by atoms with E-state index < -0.39 is 0 Å². The third-order valence-electron chi connectivity index (χ3n) is 1.44. The Balaban J connectivity index is 2.52. The van der Waals surface area contributed by atoms with Gasteiger partial charge in [-0.2, -0.15) is 0 Å². The van der Waals surface area contributed by atoms with Gasteiger partial charge in [0, 0.05) is 0 Å². The summed E-state index contributed by atoms with van der Waals surface area (Å²) in [6.45, 7) is 4.73. The first kappa shape index (κ1) is 8.12. The van der Waals surface area contributed by atoms with Gasteiger partial charge in [0.15, 0.2) is 0 Å². The highest BCUT2D eigenvalue weighted by Crippen LogP contribution is 2.10. The molecule has 0 atom stereocenters. The molecule has 0 aromatic heterocycles. The van der Waals surface area contributed by atoms with Crippen molar-refractivity contribution in [3.8, 4) is 5.75 Å². The van der Waals surface area contributed by atoms with Crippen LogP contribution in [0, 0.1) is 13.3 Å². The van der Waals surface area contributed by atoms with Crippen molar-refractivity contribution < 1.29 is 4.74 Å². The number of benzene rings is 1. The Morgan fingerprint density at radius 1 is 1.27 bits per heavy atom. The molecule has 0 heterocycles. The summed E-state index contributed by atoms with van der Waals surface area (Å²) in [6, 6.07) is 8.06. The molecule has 0 fully saturated rings. The fraction of sp³-hybridized carbons (Fsp3) is 0.300. The van der Waals surface area contributed by atoms with Gasteiger partial charge in [-0.05, 0) is 25.5 Å². The normalized spacial score (nSPS) is 9.64. The smallest absolute Gasteiger partial charge is 0.119 e. The van der Waals surface area contributed by atoms with Crippen LogP contribution in [0.5, 0.6) is 5.75 Å². The lowest BCUT2D eigenvalue weighted by atomic mass is 10.2. The van der Waals surface area contributed by atoms with E-state index in [-0.39, 0.29) is 0 Å². The van der Waals surface area contributed by atoms with Crippen molar-refractivity contribution in [2.45, 2.75) is 13.8 Å². The van der Waals surface area contributed by atoms with Crippen molar-refractivity contribution >= 4 is 0 Å². The minimum atomic E-state index is 0.684. The molecule has 59 valence electrons. The lowest BCUT2D eigenvalue weighted by Gasteiger charge is -2.03. The van der Waals surface area contributed by atoms with E-state index in [1.807, 2.05) is 37.6 Å². The highest BCUT2D eigenvalue weighted by atomic mass is 16.5. The second kappa shape index (κ2) is 4.02. The quantitative estimate of drug-likeness (QED) is 0.641. The molecule has 0 amide bonds. The monoisotopic (exact) mass is 149 g/mol. The van der Waals surface area contributed by atoms with Crippen LogP contribution in [0.2, 0.25) is 0 Å². The zero-order chi connectivity index (χ0) is 8.10. The van der Waals surface area contributed by atoms with Crippen LogP contribution < -0.4 is 4.74 Å². The number of hydrogen-bond donors (Lipinski definition) is 0. The van der Waals surface area contributed by atoms with Gasteiger partial charge in [-0.15, -0.1) is 0 Å². The predicted molar refractivity (Wildman–Crippen MR) is 46.6 cm³/mol. The molecule has 0 spiro atoms. The maximum Gasteiger partial charge on any atom is 0.119 e. The Morgan fingerprint density at radius 3 is 2.45 bits per heavy atom. The van der Waals surface area contributed by atoms with Crippen LogP contribution in [0.3, 0.4) is 0 Å². The molecule has 0 saturated carbocycles. The van der Waals surface area contributed by atoms with Gasteiger partial charge in [-0.3, -0.25) is 0 Å². The Bertz CT molecular complexity index is 201. The van der Waals surface area contributed by atoms with Crippen LogP contribution >= 0.6 is 0 Å². The van der Waals surface area contributed by atoms with E-state index in [2.05, 4.69) is 6.92 Å². The van der Waals surface area contributed by atoms with Crippen molar-refractivity contribution in [2.24, 2.45) is 0 Å². The molecule has 0 bridgehead atoms. The van der Waals surface area contributed by atoms with E-state index in [9.17, 15) is 0 Å². The molecular weight excluding hydrogens is 136 g/mol. The molecule has 11 heavy (non-hydrogen) atoms. The maximum absolute atomic E-state index is 5.35. The van der Waals surface area contributed by atoms with Crippen LogP contribution in [-0.2, 0) is 0 Å². The predicted octanol–water partition coefficient (Wildman–Crippen LogP) is 2.60. The summed E-state index contributed by atoms with van der Waals surface area (Å²) in [6.07, 6.45) is 1.99. The molecule has 1 heteroatoms. The Kier molecular flexibility index (Phi) is 2.96. The average molecular weight is 149 g/mol. The second-order valence-corrected chi connectivity index (χ2v) is 2.53. The Morgan fingerprint density at radius 2 is 1.91 bits per heavy atom. The molecule has 1 nitrogen and oxygen atoms in total. The molecule has 0 aliphatic carbocycles. The first-order chi connectivity index (χ1) is 5.33. The first-order valence-corrected chi connectivity index (χ1v) is 3.80. The van der Waals surface area contributed by atoms with Gasteiger partial charge in [-0.25, -0.2) is 0 Å². The lowest BCUT2D eigenvalue weighted by molar-refractivity contribution is 0.349. The van der Waals surface area contributed by atoms with E-state index in [0.29, 0.717) is 6.61 Å². The van der Waals surface area contributed by atoms with Crippen molar-refractivity contribution in [1.82, 2.24) is 0 Å². The van der Waals surface area contributed by atoms with Crippen LogP contribution in [0.4, 0.5) is 0 Å². The second-order valence-electron chi connectivity index (χ2n) is 2.53. The molecule has 0 aliphatic heterocycles. The molecule has 1 radical (unpaired) electrons. The highest BCUT2D eigenvalue weighted by molar-refractivity contribution is 5.26. The standard InChI is InChI=1S/C10H13O/c1-3-8-11-10-6-4-9(2)5-7-10/h3-7H,8H2,1-2H3. The highest BCUT2D eigenvalue weighted by Gasteiger charge is 1.89. The van der Waals surface area contributed by atoms with Gasteiger partial charge < -0.3 is 4.74 Å². The summed E-state index contributed by atoms with van der Waals surface area (Å²) in [7, 11) is 0. The lowest BCUT2D eigenvalue weighted by Crippen LogP contribution is -1.94. The molecule has 0 N–H and O–H groups in total. The summed E-state index contributed by atoms with van der Waals surface area (Å²) < 4.78 is 5.35. The van der Waals surface area contributed by atoms with Gasteiger partial charge in [0.1, 0.15) is 5.75 Å². The van der Waals surface area contributed by atoms with Crippen LogP contribution in [-0.4, -0.2) is 6.61 Å². The van der Waals surface area contributed by atoms with Gasteiger partial charge in [0.2, 0.25) is 0 Å². The molecule has 0 saturated heterocycles. The van der Waals surface area contributed by atoms with E-state index >= 15 is 0 Å². The van der Waals surface area contributed by atoms with Gasteiger partial charge in [-0.1, -0.05) is 24.6 Å². The van der Waals surface area contributed by atoms with Crippen molar-refractivity contribution in [3.05, 3.63) is 36.2 Å². The summed E-state index contributed by atoms with van der Waals surface area (Å²) in [5.41, 5.74) is 1.26. The number of aryl methyl sites for hydroxylation is 1. The summed E-state index contributed by atoms with van der Waals surface area (Å²) in [4.78, 5) is 0. The average Bonchev–Trinajstić information content (AvgIpc) is 2.04. The van der Waals surface area contributed by atoms with Crippen molar-refractivity contribution in [1.29, 1.82) is 0 Å². The summed E-state index contributed by atoms with van der Waals surface area (Å²) >= 11 is 0. The molecule has 1 rings (SSSR count). The number of ether oxygens (including phenoxy) is 1.